The molecule has 1 aliphatic heterocycles. The molecule has 0 spiro atoms. The van der Waals surface area contributed by atoms with Gasteiger partial charge in [0.1, 0.15) is 5.82 Å². The maximum Gasteiger partial charge on any atom is 0.238 e. The second-order valence-electron chi connectivity index (χ2n) is 5.37. The van der Waals surface area contributed by atoms with Crippen LogP contribution in [0.15, 0.2) is 30.6 Å². The zero-order valence-corrected chi connectivity index (χ0v) is 12.0. The van der Waals surface area contributed by atoms with Gasteiger partial charge in [-0.1, -0.05) is 0 Å². The first-order valence-corrected chi connectivity index (χ1v) is 7.00. The van der Waals surface area contributed by atoms with E-state index in [1.165, 1.54) is 0 Å². The summed E-state index contributed by atoms with van der Waals surface area (Å²) in [6.45, 7) is 4.75. The monoisotopic (exact) mass is 285 g/mol. The van der Waals surface area contributed by atoms with Gasteiger partial charge in [0.15, 0.2) is 0 Å². The van der Waals surface area contributed by atoms with Gasteiger partial charge < -0.3 is 15.6 Å². The molecule has 0 radical (unpaired) electrons. The summed E-state index contributed by atoms with van der Waals surface area (Å²) >= 11 is 0. The average Bonchev–Trinajstić information content (AvgIpc) is 2.89. The molecular weight excluding hydrogens is 266 g/mol. The molecule has 6 nitrogen and oxygen atoms in total. The fourth-order valence-electron chi connectivity index (χ4n) is 2.58. The van der Waals surface area contributed by atoms with Crippen LogP contribution in [0, 0.1) is 6.92 Å². The molecule has 6 heteroatoms. The Morgan fingerprint density at radius 1 is 1.43 bits per heavy atom. The van der Waals surface area contributed by atoms with E-state index in [0.717, 1.165) is 30.2 Å². The first kappa shape index (κ1) is 13.6. The molecule has 1 aromatic heterocycles. The van der Waals surface area contributed by atoms with Crippen LogP contribution in [0.4, 0.5) is 11.4 Å². The van der Waals surface area contributed by atoms with Gasteiger partial charge in [0.25, 0.3) is 0 Å². The summed E-state index contributed by atoms with van der Waals surface area (Å²) in [6, 6.07) is 5.49. The van der Waals surface area contributed by atoms with Crippen molar-refractivity contribution >= 4 is 17.3 Å². The lowest BCUT2D eigenvalue weighted by molar-refractivity contribution is -0.117. The van der Waals surface area contributed by atoms with Crippen molar-refractivity contribution in [1.82, 2.24) is 14.5 Å². The topological polar surface area (TPSA) is 76.2 Å². The Morgan fingerprint density at radius 2 is 2.29 bits per heavy atom. The maximum atomic E-state index is 12.2. The van der Waals surface area contributed by atoms with Crippen LogP contribution in [0.5, 0.6) is 0 Å². The molecule has 0 bridgehead atoms. The first-order chi connectivity index (χ1) is 10.1. The second-order valence-corrected chi connectivity index (χ2v) is 5.37. The predicted molar refractivity (Wildman–Crippen MR) is 81.7 cm³/mol. The molecule has 0 fully saturated rings. The molecule has 1 aliphatic rings. The number of fused-ring (bicyclic) bond motifs is 1. The summed E-state index contributed by atoms with van der Waals surface area (Å²) < 4.78 is 2.12. The highest BCUT2D eigenvalue weighted by Gasteiger charge is 2.18. The Kier molecular flexibility index (Phi) is 3.62. The Morgan fingerprint density at radius 3 is 3.10 bits per heavy atom. The van der Waals surface area contributed by atoms with Crippen LogP contribution in [0.1, 0.15) is 11.4 Å². The minimum Gasteiger partial charge on any atom is -0.399 e. The number of anilines is 2. The fourth-order valence-corrected chi connectivity index (χ4v) is 2.58. The van der Waals surface area contributed by atoms with Gasteiger partial charge in [-0.15, -0.1) is 0 Å². The van der Waals surface area contributed by atoms with E-state index in [4.69, 9.17) is 5.73 Å². The summed E-state index contributed by atoms with van der Waals surface area (Å²) in [4.78, 5) is 18.6. The quantitative estimate of drug-likeness (QED) is 0.832. The summed E-state index contributed by atoms with van der Waals surface area (Å²) in [5, 5.41) is 2.94. The van der Waals surface area contributed by atoms with Crippen LogP contribution >= 0.6 is 0 Å². The molecule has 110 valence electrons. The van der Waals surface area contributed by atoms with E-state index < -0.39 is 0 Å². The smallest absolute Gasteiger partial charge is 0.238 e. The number of nitrogens with two attached hydrogens (primary N) is 1. The number of nitrogen functional groups attached to an aromatic ring is 1. The zero-order chi connectivity index (χ0) is 14.8. The lowest BCUT2D eigenvalue weighted by atomic mass is 10.2. The molecule has 3 N–H and O–H groups in total. The number of aromatic nitrogens is 2. The minimum atomic E-state index is -0.0112. The number of aryl methyl sites for hydroxylation is 1. The number of carbonyl (C=O) groups excluding carboxylic acids is 1. The largest absolute Gasteiger partial charge is 0.399 e. The minimum absolute atomic E-state index is 0.0112. The number of hydrogen-bond donors (Lipinski definition) is 2. The number of imidazole rings is 1. The molecule has 21 heavy (non-hydrogen) atoms. The molecular formula is C15H19N5O. The summed E-state index contributed by atoms with van der Waals surface area (Å²) in [6.07, 6.45) is 3.78. The predicted octanol–water partition coefficient (Wildman–Crippen LogP) is 1.23. The number of benzene rings is 1. The third-order valence-electron chi connectivity index (χ3n) is 3.72. The van der Waals surface area contributed by atoms with E-state index in [2.05, 4.69) is 19.8 Å². The second kappa shape index (κ2) is 5.57. The number of nitrogens with zero attached hydrogens (tertiary/aromatic N) is 3. The Bertz CT molecular complexity index is 664. The van der Waals surface area contributed by atoms with Crippen LogP contribution in [0.3, 0.4) is 0 Å². The van der Waals surface area contributed by atoms with Gasteiger partial charge in [0.05, 0.1) is 13.1 Å². The van der Waals surface area contributed by atoms with E-state index in [1.807, 2.05) is 25.3 Å². The lowest BCUT2D eigenvalue weighted by Gasteiger charge is -2.26. The highest BCUT2D eigenvalue weighted by Crippen LogP contribution is 2.18. The molecule has 0 unspecified atom stereocenters. The number of hydrogen-bond acceptors (Lipinski definition) is 4. The van der Waals surface area contributed by atoms with Crippen LogP contribution in [-0.4, -0.2) is 33.4 Å². The van der Waals surface area contributed by atoms with Gasteiger partial charge in [0, 0.05) is 36.9 Å². The normalized spacial score (nSPS) is 14.7. The van der Waals surface area contributed by atoms with Crippen molar-refractivity contribution in [3.63, 3.8) is 0 Å². The van der Waals surface area contributed by atoms with Crippen molar-refractivity contribution in [2.45, 2.75) is 20.0 Å². The van der Waals surface area contributed by atoms with Gasteiger partial charge >= 0.3 is 0 Å². The first-order valence-electron chi connectivity index (χ1n) is 7.00. The Labute approximate surface area is 123 Å². The van der Waals surface area contributed by atoms with E-state index >= 15 is 0 Å². The standard InChI is InChI=1S/C15H19N5O/c1-11-8-12(16)2-3-13(11)18-15(21)10-19-6-7-20-5-4-17-14(20)9-19/h2-5,8H,6-7,9-10,16H2,1H3,(H,18,21). The van der Waals surface area contributed by atoms with Gasteiger partial charge in [-0.2, -0.15) is 0 Å². The van der Waals surface area contributed by atoms with Crippen LogP contribution in [0.25, 0.3) is 0 Å². The van der Waals surface area contributed by atoms with Crippen molar-refractivity contribution < 1.29 is 4.79 Å². The Hall–Kier alpha value is -2.34. The zero-order valence-electron chi connectivity index (χ0n) is 12.0. The molecule has 0 atom stereocenters. The fraction of sp³-hybridized carbons (Fsp3) is 0.333. The molecule has 2 aromatic rings. The number of carbonyl (C=O) groups is 1. The van der Waals surface area contributed by atoms with Gasteiger partial charge in [-0.25, -0.2) is 4.98 Å². The number of rotatable bonds is 3. The molecule has 3 rings (SSSR count). The molecule has 0 saturated heterocycles. The van der Waals surface area contributed by atoms with Gasteiger partial charge in [-0.3, -0.25) is 9.69 Å². The maximum absolute atomic E-state index is 12.2. The van der Waals surface area contributed by atoms with Crippen LogP contribution in [-0.2, 0) is 17.9 Å². The van der Waals surface area contributed by atoms with E-state index in [1.54, 1.807) is 12.3 Å². The van der Waals surface area contributed by atoms with Gasteiger partial charge in [-0.05, 0) is 30.7 Å². The molecule has 0 saturated carbocycles. The lowest BCUT2D eigenvalue weighted by Crippen LogP contribution is -2.39. The van der Waals surface area contributed by atoms with Crippen LogP contribution in [0.2, 0.25) is 0 Å². The molecule has 0 aliphatic carbocycles. The van der Waals surface area contributed by atoms with Crippen LogP contribution < -0.4 is 11.1 Å². The average molecular weight is 285 g/mol. The van der Waals surface area contributed by atoms with Crippen molar-refractivity contribution in [3.8, 4) is 0 Å². The number of amides is 1. The summed E-state index contributed by atoms with van der Waals surface area (Å²) in [5.74, 6) is 1.00. The highest BCUT2D eigenvalue weighted by atomic mass is 16.2. The van der Waals surface area contributed by atoms with Crippen molar-refractivity contribution in [1.29, 1.82) is 0 Å². The summed E-state index contributed by atoms with van der Waals surface area (Å²) in [5.41, 5.74) is 8.20. The number of nitrogens with one attached hydrogen (secondary N) is 1. The van der Waals surface area contributed by atoms with Gasteiger partial charge in [0.2, 0.25) is 5.91 Å². The van der Waals surface area contributed by atoms with Crippen molar-refractivity contribution in [3.05, 3.63) is 42.0 Å². The van der Waals surface area contributed by atoms with E-state index in [9.17, 15) is 4.79 Å². The molecule has 2 heterocycles. The van der Waals surface area contributed by atoms with E-state index in [0.29, 0.717) is 18.8 Å². The Balaban J connectivity index is 1.60. The third-order valence-corrected chi connectivity index (χ3v) is 3.72. The van der Waals surface area contributed by atoms with Crippen molar-refractivity contribution in [2.75, 3.05) is 24.1 Å². The van der Waals surface area contributed by atoms with E-state index in [-0.39, 0.29) is 5.91 Å². The molecule has 1 amide bonds. The van der Waals surface area contributed by atoms with Crippen molar-refractivity contribution in [2.24, 2.45) is 0 Å². The third kappa shape index (κ3) is 3.05. The highest BCUT2D eigenvalue weighted by molar-refractivity contribution is 5.93. The summed E-state index contributed by atoms with van der Waals surface area (Å²) in [7, 11) is 0. The molecule has 1 aromatic carbocycles. The SMILES string of the molecule is Cc1cc(N)ccc1NC(=O)CN1CCn2ccnc2C1.